The van der Waals surface area contributed by atoms with Gasteiger partial charge >= 0.3 is 5.69 Å². The van der Waals surface area contributed by atoms with E-state index >= 15 is 0 Å². The molecule has 1 aliphatic rings. The van der Waals surface area contributed by atoms with Gasteiger partial charge < -0.3 is 9.30 Å². The van der Waals surface area contributed by atoms with E-state index < -0.39 is 23.2 Å². The summed E-state index contributed by atoms with van der Waals surface area (Å²) in [6.07, 6.45) is -0.736. The molecule has 0 aliphatic carbocycles. The second kappa shape index (κ2) is 7.56. The van der Waals surface area contributed by atoms with Gasteiger partial charge in [0.2, 0.25) is 0 Å². The zero-order valence-electron chi connectivity index (χ0n) is 19.4. The summed E-state index contributed by atoms with van der Waals surface area (Å²) in [6.45, 7) is 2.00. The van der Waals surface area contributed by atoms with Gasteiger partial charge in [0.05, 0.1) is 28.0 Å². The number of hydrogen-bond donors (Lipinski definition) is 0. The summed E-state index contributed by atoms with van der Waals surface area (Å²) in [7, 11) is 3.13. The van der Waals surface area contributed by atoms with Crippen molar-refractivity contribution in [2.24, 2.45) is 14.1 Å². The number of rotatable bonds is 2. The molecule has 5 aromatic rings. The van der Waals surface area contributed by atoms with Crippen LogP contribution in [-0.4, -0.2) is 13.7 Å². The Balaban J connectivity index is 1.86. The molecule has 1 aliphatic heterocycles. The van der Waals surface area contributed by atoms with Crippen molar-refractivity contribution in [3.63, 3.8) is 0 Å². The molecule has 1 atom stereocenters. The van der Waals surface area contributed by atoms with Crippen molar-refractivity contribution in [1.29, 1.82) is 0 Å². The van der Waals surface area contributed by atoms with Gasteiger partial charge in [-0.1, -0.05) is 54.1 Å². The second-order valence-electron chi connectivity index (χ2n) is 8.89. The van der Waals surface area contributed by atoms with Crippen LogP contribution in [0.4, 0.5) is 4.39 Å². The Bertz CT molecular complexity index is 1760. The summed E-state index contributed by atoms with van der Waals surface area (Å²) in [4.78, 5) is 26.7. The predicted molar refractivity (Wildman–Crippen MR) is 133 cm³/mol. The molecular formula is C28H22FN3O3. The van der Waals surface area contributed by atoms with Crippen LogP contribution in [0.1, 0.15) is 22.9 Å². The number of para-hydroxylation sites is 2. The van der Waals surface area contributed by atoms with E-state index in [2.05, 4.69) is 0 Å². The van der Waals surface area contributed by atoms with Crippen LogP contribution in [0.2, 0.25) is 0 Å². The van der Waals surface area contributed by atoms with Crippen LogP contribution in [-0.2, 0) is 14.1 Å². The van der Waals surface area contributed by atoms with Crippen molar-refractivity contribution in [1.82, 2.24) is 13.7 Å². The van der Waals surface area contributed by atoms with Gasteiger partial charge in [-0.3, -0.25) is 13.9 Å². The van der Waals surface area contributed by atoms with Crippen LogP contribution in [0.5, 0.6) is 5.75 Å². The van der Waals surface area contributed by atoms with E-state index in [9.17, 15) is 14.0 Å². The SMILES string of the molecule is Cc1ccc(-c2c3c(=O)n(C)c(=O)n(C)c3c3n2-c2ccccc2OC3c2cccc(F)c2)cc1. The van der Waals surface area contributed by atoms with Gasteiger partial charge in [-0.05, 0) is 36.8 Å². The molecule has 2 aromatic heterocycles. The number of nitrogens with zero attached hydrogens (tertiary/aromatic N) is 3. The van der Waals surface area contributed by atoms with Crippen LogP contribution >= 0.6 is 0 Å². The Morgan fingerprint density at radius 3 is 2.37 bits per heavy atom. The maximum Gasteiger partial charge on any atom is 0.331 e. The van der Waals surface area contributed by atoms with Crippen LogP contribution in [0.25, 0.3) is 27.8 Å². The molecule has 1 unspecified atom stereocenters. The monoisotopic (exact) mass is 467 g/mol. The van der Waals surface area contributed by atoms with E-state index in [0.717, 1.165) is 21.4 Å². The summed E-state index contributed by atoms with van der Waals surface area (Å²) < 4.78 is 25.3. The maximum atomic E-state index is 14.3. The molecule has 6 nitrogen and oxygen atoms in total. The van der Waals surface area contributed by atoms with Crippen LogP contribution in [0.3, 0.4) is 0 Å². The molecular weight excluding hydrogens is 445 g/mol. The van der Waals surface area contributed by atoms with Gasteiger partial charge in [-0.2, -0.15) is 0 Å². The molecule has 0 spiro atoms. The first-order chi connectivity index (χ1) is 16.9. The summed E-state index contributed by atoms with van der Waals surface area (Å²) in [6, 6.07) is 21.7. The highest BCUT2D eigenvalue weighted by molar-refractivity contribution is 5.98. The number of benzene rings is 3. The fraction of sp³-hybridized carbons (Fsp3) is 0.143. The number of hydrogen-bond acceptors (Lipinski definition) is 3. The maximum absolute atomic E-state index is 14.3. The molecule has 0 radical (unpaired) electrons. The van der Waals surface area contributed by atoms with E-state index in [1.165, 1.54) is 23.7 Å². The zero-order valence-corrected chi connectivity index (χ0v) is 19.4. The Hall–Kier alpha value is -4.39. The lowest BCUT2D eigenvalue weighted by Crippen LogP contribution is -2.37. The zero-order chi connectivity index (χ0) is 24.4. The van der Waals surface area contributed by atoms with Crippen LogP contribution < -0.4 is 16.0 Å². The molecule has 0 bridgehead atoms. The first-order valence-electron chi connectivity index (χ1n) is 11.3. The number of fused-ring (bicyclic) bond motifs is 5. The lowest BCUT2D eigenvalue weighted by Gasteiger charge is -2.30. The van der Waals surface area contributed by atoms with E-state index in [1.807, 2.05) is 60.0 Å². The van der Waals surface area contributed by atoms with E-state index in [-0.39, 0.29) is 0 Å². The van der Waals surface area contributed by atoms with Gasteiger partial charge in [0.15, 0.2) is 6.10 Å². The molecule has 0 fully saturated rings. The number of ether oxygens (including phenoxy) is 1. The standard InChI is InChI=1S/C28H22FN3O3/c1-16-11-13-17(14-12-16)23-22-24(30(2)28(34)31(3)27(22)33)25-26(18-7-6-8-19(29)15-18)35-21-10-5-4-9-20(21)32(23)25/h4-15,26H,1-3H3. The van der Waals surface area contributed by atoms with E-state index in [0.29, 0.717) is 33.6 Å². The third-order valence-electron chi connectivity index (χ3n) is 6.68. The Morgan fingerprint density at radius 1 is 0.886 bits per heavy atom. The van der Waals surface area contributed by atoms with Crippen molar-refractivity contribution in [2.75, 3.05) is 0 Å². The predicted octanol–water partition coefficient (Wildman–Crippen LogP) is 4.62. The summed E-state index contributed by atoms with van der Waals surface area (Å²) in [5.41, 5.74) is 4.17. The van der Waals surface area contributed by atoms with Gasteiger partial charge in [0.1, 0.15) is 11.6 Å². The molecule has 7 heteroatoms. The third kappa shape index (κ3) is 3.01. The molecule has 0 saturated carbocycles. The van der Waals surface area contributed by atoms with Gasteiger partial charge in [-0.15, -0.1) is 0 Å². The highest BCUT2D eigenvalue weighted by Crippen LogP contribution is 2.46. The highest BCUT2D eigenvalue weighted by atomic mass is 19.1. The molecule has 3 heterocycles. The van der Waals surface area contributed by atoms with Crippen molar-refractivity contribution in [3.05, 3.63) is 116 Å². The quantitative estimate of drug-likeness (QED) is 0.381. The summed E-state index contributed by atoms with van der Waals surface area (Å²) in [5.74, 6) is 0.209. The highest BCUT2D eigenvalue weighted by Gasteiger charge is 2.36. The minimum absolute atomic E-state index is 0.393. The molecule has 0 saturated heterocycles. The van der Waals surface area contributed by atoms with E-state index in [4.69, 9.17) is 4.74 Å². The van der Waals surface area contributed by atoms with Gasteiger partial charge in [-0.25, -0.2) is 9.18 Å². The normalized spacial score (nSPS) is 14.5. The van der Waals surface area contributed by atoms with Crippen LogP contribution in [0.15, 0.2) is 82.4 Å². The van der Waals surface area contributed by atoms with Gasteiger partial charge in [0, 0.05) is 19.7 Å². The lowest BCUT2D eigenvalue weighted by atomic mass is 10.0. The first kappa shape index (κ1) is 21.2. The number of aryl methyl sites for hydroxylation is 2. The minimum atomic E-state index is -0.736. The molecule has 174 valence electrons. The Morgan fingerprint density at radius 2 is 1.63 bits per heavy atom. The molecule has 0 amide bonds. The molecule has 6 rings (SSSR count). The van der Waals surface area contributed by atoms with Gasteiger partial charge in [0.25, 0.3) is 5.56 Å². The number of halogens is 1. The Labute approximate surface area is 200 Å². The topological polar surface area (TPSA) is 58.2 Å². The molecule has 0 N–H and O–H groups in total. The smallest absolute Gasteiger partial charge is 0.331 e. The lowest BCUT2D eigenvalue weighted by molar-refractivity contribution is 0.228. The van der Waals surface area contributed by atoms with Crippen molar-refractivity contribution in [2.45, 2.75) is 13.0 Å². The minimum Gasteiger partial charge on any atom is -0.477 e. The fourth-order valence-electron chi connectivity index (χ4n) is 4.99. The molecule has 35 heavy (non-hydrogen) atoms. The van der Waals surface area contributed by atoms with Crippen molar-refractivity contribution >= 4 is 10.9 Å². The van der Waals surface area contributed by atoms with E-state index in [1.54, 1.807) is 19.2 Å². The third-order valence-corrected chi connectivity index (χ3v) is 6.68. The Kier molecular flexibility index (Phi) is 4.57. The van der Waals surface area contributed by atoms with Crippen molar-refractivity contribution in [3.8, 4) is 22.7 Å². The average molecular weight is 468 g/mol. The van der Waals surface area contributed by atoms with Crippen molar-refractivity contribution < 1.29 is 9.13 Å². The molecule has 3 aromatic carbocycles. The largest absolute Gasteiger partial charge is 0.477 e. The summed E-state index contributed by atoms with van der Waals surface area (Å²) in [5, 5.41) is 0.412. The first-order valence-corrected chi connectivity index (χ1v) is 11.3. The number of aromatic nitrogens is 3. The second-order valence-corrected chi connectivity index (χ2v) is 8.89. The fourth-order valence-corrected chi connectivity index (χ4v) is 4.99. The van der Waals surface area contributed by atoms with Crippen LogP contribution in [0, 0.1) is 12.7 Å². The average Bonchev–Trinajstić information content (AvgIpc) is 3.23. The summed E-state index contributed by atoms with van der Waals surface area (Å²) >= 11 is 0.